The van der Waals surface area contributed by atoms with Crippen LogP contribution in [0.15, 0.2) is 0 Å². The van der Waals surface area contributed by atoms with Gasteiger partial charge in [0.05, 0.1) is 23.9 Å². The van der Waals surface area contributed by atoms with Gasteiger partial charge in [-0.2, -0.15) is 0 Å². The molecule has 5 aliphatic carbocycles. The molecule has 6 rings (SSSR count). The maximum Gasteiger partial charge on any atom is 0.0771 e. The Balaban J connectivity index is 1.59. The molecule has 5 nitrogen and oxygen atoms in total. The standard InChI is InChI=1S/C23H37NO4/c1-5-24-11-21(2)7-6-17(28-4)23-13-8-12-15(27-3)10-22(26,18(13)19(12)25)14(20(23)24)9-16(21)23/h12-20,25-26H,5-11H2,1-4H3/t12-,13-,14+,15+,16-,17+,18-,19+,20?,21+,22+,23-/m1/s1. The molecule has 5 saturated carbocycles. The summed E-state index contributed by atoms with van der Waals surface area (Å²) in [6.07, 6.45) is 4.90. The summed E-state index contributed by atoms with van der Waals surface area (Å²) in [7, 11) is 3.66. The highest BCUT2D eigenvalue weighted by atomic mass is 16.5. The second-order valence-electron chi connectivity index (χ2n) is 11.3. The lowest BCUT2D eigenvalue weighted by molar-refractivity contribution is -0.270. The lowest BCUT2D eigenvalue weighted by Gasteiger charge is -2.69. The Hall–Kier alpha value is -0.200. The molecule has 0 radical (unpaired) electrons. The van der Waals surface area contributed by atoms with E-state index in [-0.39, 0.29) is 35.4 Å². The lowest BCUT2D eigenvalue weighted by atomic mass is 9.43. The van der Waals surface area contributed by atoms with E-state index in [9.17, 15) is 10.2 Å². The second-order valence-corrected chi connectivity index (χ2v) is 11.3. The van der Waals surface area contributed by atoms with Crippen molar-refractivity contribution in [1.29, 1.82) is 0 Å². The molecule has 28 heavy (non-hydrogen) atoms. The minimum absolute atomic E-state index is 0.00745. The monoisotopic (exact) mass is 391 g/mol. The molecule has 12 atom stereocenters. The third-order valence-corrected chi connectivity index (χ3v) is 10.9. The highest BCUT2D eigenvalue weighted by Gasteiger charge is 2.83. The average molecular weight is 392 g/mol. The summed E-state index contributed by atoms with van der Waals surface area (Å²) in [5, 5.41) is 23.6. The molecule has 0 amide bonds. The molecular weight excluding hydrogens is 354 g/mol. The number of nitrogens with zero attached hydrogens (tertiary/aromatic N) is 1. The molecule has 158 valence electrons. The minimum Gasteiger partial charge on any atom is -0.392 e. The molecule has 1 heterocycles. The maximum atomic E-state index is 12.3. The van der Waals surface area contributed by atoms with Crippen molar-refractivity contribution in [2.24, 2.45) is 40.4 Å². The van der Waals surface area contributed by atoms with E-state index >= 15 is 0 Å². The summed E-state index contributed by atoms with van der Waals surface area (Å²) >= 11 is 0. The molecule has 1 unspecified atom stereocenters. The molecule has 0 aromatic heterocycles. The number of ether oxygens (including phenoxy) is 2. The zero-order chi connectivity index (χ0) is 19.6. The summed E-state index contributed by atoms with van der Waals surface area (Å²) in [5.41, 5.74) is -0.424. The zero-order valence-corrected chi connectivity index (χ0v) is 17.8. The molecule has 1 aliphatic heterocycles. The third kappa shape index (κ3) is 1.73. The van der Waals surface area contributed by atoms with Crippen molar-refractivity contribution in [3.63, 3.8) is 0 Å². The van der Waals surface area contributed by atoms with Gasteiger partial charge in [-0.3, -0.25) is 4.90 Å². The van der Waals surface area contributed by atoms with Gasteiger partial charge in [0.25, 0.3) is 0 Å². The Morgan fingerprint density at radius 1 is 1.14 bits per heavy atom. The first-order valence-electron chi connectivity index (χ1n) is 11.6. The van der Waals surface area contributed by atoms with E-state index in [1.165, 1.54) is 6.42 Å². The fourth-order valence-electron chi connectivity index (χ4n) is 10.4. The topological polar surface area (TPSA) is 62.2 Å². The maximum absolute atomic E-state index is 12.3. The fraction of sp³-hybridized carbons (Fsp3) is 1.00. The van der Waals surface area contributed by atoms with Crippen molar-refractivity contribution >= 4 is 0 Å². The number of methoxy groups -OCH3 is 2. The van der Waals surface area contributed by atoms with E-state index in [1.54, 1.807) is 7.11 Å². The van der Waals surface area contributed by atoms with Crippen molar-refractivity contribution in [2.75, 3.05) is 27.3 Å². The first-order valence-corrected chi connectivity index (χ1v) is 11.6. The molecule has 1 spiro atoms. The largest absolute Gasteiger partial charge is 0.392 e. The first kappa shape index (κ1) is 18.6. The van der Waals surface area contributed by atoms with E-state index < -0.39 is 11.7 Å². The smallest absolute Gasteiger partial charge is 0.0771 e. The second kappa shape index (κ2) is 5.53. The highest BCUT2D eigenvalue weighted by Crippen LogP contribution is 2.78. The van der Waals surface area contributed by atoms with Crippen LogP contribution in [0.3, 0.4) is 0 Å². The van der Waals surface area contributed by atoms with Crippen molar-refractivity contribution in [1.82, 2.24) is 4.90 Å². The lowest BCUT2D eigenvalue weighted by Crippen LogP contribution is -2.75. The van der Waals surface area contributed by atoms with Crippen LogP contribution in [0.5, 0.6) is 0 Å². The fourth-order valence-corrected chi connectivity index (χ4v) is 10.4. The van der Waals surface area contributed by atoms with Crippen LogP contribution in [-0.4, -0.2) is 72.4 Å². The Labute approximate surface area is 168 Å². The number of hydrogen-bond donors (Lipinski definition) is 2. The molecule has 1 saturated heterocycles. The Kier molecular flexibility index (Phi) is 3.67. The molecule has 2 N–H and O–H groups in total. The van der Waals surface area contributed by atoms with E-state index in [1.807, 2.05) is 7.11 Å². The van der Waals surface area contributed by atoms with Crippen LogP contribution in [0, 0.1) is 40.4 Å². The molecular formula is C23H37NO4. The minimum atomic E-state index is -0.804. The average Bonchev–Trinajstić information content (AvgIpc) is 3.10. The Morgan fingerprint density at radius 2 is 1.93 bits per heavy atom. The van der Waals surface area contributed by atoms with E-state index in [2.05, 4.69) is 18.7 Å². The first-order chi connectivity index (χ1) is 13.4. The van der Waals surface area contributed by atoms with Crippen molar-refractivity contribution in [3.05, 3.63) is 0 Å². The predicted octanol–water partition coefficient (Wildman–Crippen LogP) is 1.90. The van der Waals surface area contributed by atoms with Crippen molar-refractivity contribution < 1.29 is 19.7 Å². The van der Waals surface area contributed by atoms with Crippen molar-refractivity contribution in [3.8, 4) is 0 Å². The molecule has 0 aromatic rings. The SMILES string of the molecule is CCN1C[C@]2(C)CC[C@H](OC)[C@]34C1[C@H](C[C@H]23)[C@@]1(O)C[C@H](OC)[C@H]2C[C@@H]4[C@@H]1[C@H]2O. The summed E-state index contributed by atoms with van der Waals surface area (Å²) in [5.74, 6) is 1.32. The summed E-state index contributed by atoms with van der Waals surface area (Å²) < 4.78 is 12.1. The van der Waals surface area contributed by atoms with Crippen LogP contribution in [0.1, 0.15) is 46.0 Å². The van der Waals surface area contributed by atoms with Gasteiger partial charge >= 0.3 is 0 Å². The van der Waals surface area contributed by atoms with Crippen LogP contribution in [-0.2, 0) is 9.47 Å². The van der Waals surface area contributed by atoms with Gasteiger partial charge in [0, 0.05) is 56.4 Å². The third-order valence-electron chi connectivity index (χ3n) is 10.9. The number of fused-ring (bicyclic) bond motifs is 2. The highest BCUT2D eigenvalue weighted by molar-refractivity contribution is 5.32. The van der Waals surface area contributed by atoms with Crippen LogP contribution in [0.25, 0.3) is 0 Å². The van der Waals surface area contributed by atoms with Gasteiger partial charge in [-0.15, -0.1) is 0 Å². The normalized spacial score (nSPS) is 64.3. The summed E-state index contributed by atoms with van der Waals surface area (Å²) in [4.78, 5) is 2.70. The van der Waals surface area contributed by atoms with Gasteiger partial charge in [0.15, 0.2) is 0 Å². The number of aliphatic hydroxyl groups is 2. The van der Waals surface area contributed by atoms with Crippen molar-refractivity contribution in [2.45, 2.75) is 75.9 Å². The van der Waals surface area contributed by atoms with E-state index in [4.69, 9.17) is 9.47 Å². The van der Waals surface area contributed by atoms with Gasteiger partial charge in [-0.1, -0.05) is 13.8 Å². The van der Waals surface area contributed by atoms with Gasteiger partial charge in [0.1, 0.15) is 0 Å². The van der Waals surface area contributed by atoms with Gasteiger partial charge in [-0.25, -0.2) is 0 Å². The summed E-state index contributed by atoms with van der Waals surface area (Å²) in [6.45, 7) is 6.98. The predicted molar refractivity (Wildman–Crippen MR) is 105 cm³/mol. The van der Waals surface area contributed by atoms with Gasteiger partial charge in [-0.05, 0) is 49.5 Å². The molecule has 7 bridgehead atoms. The molecule has 5 heteroatoms. The van der Waals surface area contributed by atoms with Crippen LogP contribution >= 0.6 is 0 Å². The van der Waals surface area contributed by atoms with Crippen LogP contribution < -0.4 is 0 Å². The number of hydrogen-bond acceptors (Lipinski definition) is 5. The Bertz CT molecular complexity index is 688. The number of aliphatic hydroxyl groups excluding tert-OH is 1. The van der Waals surface area contributed by atoms with E-state index in [0.717, 1.165) is 32.4 Å². The number of rotatable bonds is 3. The number of likely N-dealkylation sites (tertiary alicyclic amines) is 1. The quantitative estimate of drug-likeness (QED) is 0.770. The Morgan fingerprint density at radius 3 is 2.61 bits per heavy atom. The molecule has 6 fully saturated rings. The van der Waals surface area contributed by atoms with Gasteiger partial charge < -0.3 is 19.7 Å². The van der Waals surface area contributed by atoms with Crippen LogP contribution in [0.4, 0.5) is 0 Å². The van der Waals surface area contributed by atoms with Crippen LogP contribution in [0.2, 0.25) is 0 Å². The molecule has 6 aliphatic rings. The van der Waals surface area contributed by atoms with Gasteiger partial charge in [0.2, 0.25) is 0 Å². The van der Waals surface area contributed by atoms with E-state index in [0.29, 0.717) is 29.7 Å². The zero-order valence-electron chi connectivity index (χ0n) is 17.8. The number of piperidine rings is 1. The molecule has 0 aromatic carbocycles. The summed E-state index contributed by atoms with van der Waals surface area (Å²) in [6, 6.07) is 0.383.